The molecular weight excluding hydrogens is 321 g/mol. The number of benzene rings is 2. The molecule has 1 N–H and O–H groups in total. The number of nitrogens with one attached hydrogen (secondary N) is 1. The molecule has 2 unspecified atom stereocenters. The lowest BCUT2D eigenvalue weighted by Gasteiger charge is -2.32. The Bertz CT molecular complexity index is 672. The highest BCUT2D eigenvalue weighted by atomic mass is 35.5. The predicted octanol–water partition coefficient (Wildman–Crippen LogP) is 5.47. The van der Waals surface area contributed by atoms with Gasteiger partial charge in [0.2, 0.25) is 0 Å². The van der Waals surface area contributed by atoms with E-state index in [-0.39, 0.29) is 0 Å². The van der Waals surface area contributed by atoms with Gasteiger partial charge in [0.15, 0.2) is 0 Å². The predicted molar refractivity (Wildman–Crippen MR) is 93.0 cm³/mol. The first-order valence-corrected chi connectivity index (χ1v) is 8.25. The molecule has 1 aliphatic carbocycles. The second-order valence-electron chi connectivity index (χ2n) is 5.46. The van der Waals surface area contributed by atoms with Crippen LogP contribution in [0.1, 0.15) is 41.5 Å². The molecule has 2 aromatic carbocycles. The van der Waals surface area contributed by atoms with Crippen LogP contribution < -0.4 is 5.32 Å². The third kappa shape index (κ3) is 2.95. The van der Waals surface area contributed by atoms with Crippen LogP contribution in [0.15, 0.2) is 41.3 Å². The molecule has 0 saturated heterocycles. The largest absolute Gasteiger partial charge is 0.313 e. The zero-order chi connectivity index (χ0) is 15.0. The average molecular weight is 338 g/mol. The smallest absolute Gasteiger partial charge is 0.0595 e. The van der Waals surface area contributed by atoms with E-state index in [0.717, 1.165) is 17.7 Å². The molecule has 0 amide bonds. The van der Waals surface area contributed by atoms with Crippen LogP contribution in [0.4, 0.5) is 0 Å². The van der Waals surface area contributed by atoms with Crippen LogP contribution in [-0.4, -0.2) is 7.05 Å². The SMILES string of the molecule is CNC1CCC(c2ccc(Cl)c(Cl)c2)c2ccc(S)cc21. The van der Waals surface area contributed by atoms with Crippen molar-refractivity contribution in [1.82, 2.24) is 5.32 Å². The number of hydrogen-bond acceptors (Lipinski definition) is 2. The van der Waals surface area contributed by atoms with Crippen LogP contribution in [-0.2, 0) is 0 Å². The minimum Gasteiger partial charge on any atom is -0.313 e. The maximum atomic E-state index is 6.18. The molecule has 0 aliphatic heterocycles. The molecule has 0 saturated carbocycles. The van der Waals surface area contributed by atoms with Gasteiger partial charge >= 0.3 is 0 Å². The van der Waals surface area contributed by atoms with E-state index in [1.165, 1.54) is 16.7 Å². The van der Waals surface area contributed by atoms with Crippen molar-refractivity contribution in [3.8, 4) is 0 Å². The third-order valence-electron chi connectivity index (χ3n) is 4.26. The van der Waals surface area contributed by atoms with Crippen molar-refractivity contribution in [3.05, 3.63) is 63.1 Å². The molecule has 110 valence electrons. The Morgan fingerprint density at radius 2 is 1.81 bits per heavy atom. The summed E-state index contributed by atoms with van der Waals surface area (Å²) >= 11 is 16.7. The number of thiol groups is 1. The maximum Gasteiger partial charge on any atom is 0.0595 e. The van der Waals surface area contributed by atoms with Crippen LogP contribution in [0, 0.1) is 0 Å². The Morgan fingerprint density at radius 1 is 1.00 bits per heavy atom. The Kier molecular flexibility index (Phi) is 4.51. The molecular formula is C17H17Cl2NS. The summed E-state index contributed by atoms with van der Waals surface area (Å²) in [4.78, 5) is 1.00. The molecule has 0 bridgehead atoms. The highest BCUT2D eigenvalue weighted by molar-refractivity contribution is 7.80. The highest BCUT2D eigenvalue weighted by Gasteiger charge is 2.27. The summed E-state index contributed by atoms with van der Waals surface area (Å²) in [5, 5.41) is 4.63. The summed E-state index contributed by atoms with van der Waals surface area (Å²) in [6.45, 7) is 0. The summed E-state index contributed by atoms with van der Waals surface area (Å²) < 4.78 is 0. The third-order valence-corrected chi connectivity index (χ3v) is 5.28. The fraction of sp³-hybridized carbons (Fsp3) is 0.294. The van der Waals surface area contributed by atoms with Gasteiger partial charge in [0, 0.05) is 16.9 Å². The number of hydrogen-bond donors (Lipinski definition) is 2. The van der Waals surface area contributed by atoms with E-state index in [0.29, 0.717) is 22.0 Å². The van der Waals surface area contributed by atoms with Crippen LogP contribution in [0.5, 0.6) is 0 Å². The van der Waals surface area contributed by atoms with Crippen LogP contribution in [0.3, 0.4) is 0 Å². The molecule has 0 fully saturated rings. The second kappa shape index (κ2) is 6.21. The van der Waals surface area contributed by atoms with Crippen molar-refractivity contribution < 1.29 is 0 Å². The Morgan fingerprint density at radius 3 is 2.52 bits per heavy atom. The fourth-order valence-corrected chi connectivity index (χ4v) is 3.72. The van der Waals surface area contributed by atoms with E-state index in [1.54, 1.807) is 0 Å². The first kappa shape index (κ1) is 15.2. The molecule has 1 nitrogen and oxygen atoms in total. The lowest BCUT2D eigenvalue weighted by molar-refractivity contribution is 0.470. The lowest BCUT2D eigenvalue weighted by Crippen LogP contribution is -2.24. The summed E-state index contributed by atoms with van der Waals surface area (Å²) in [5.41, 5.74) is 3.93. The summed E-state index contributed by atoms with van der Waals surface area (Å²) in [7, 11) is 2.01. The van der Waals surface area contributed by atoms with E-state index >= 15 is 0 Å². The van der Waals surface area contributed by atoms with Crippen molar-refractivity contribution in [3.63, 3.8) is 0 Å². The molecule has 2 atom stereocenters. The minimum atomic E-state index is 0.369. The first-order chi connectivity index (χ1) is 10.1. The number of rotatable bonds is 2. The van der Waals surface area contributed by atoms with Gasteiger partial charge in [-0.3, -0.25) is 0 Å². The monoisotopic (exact) mass is 337 g/mol. The van der Waals surface area contributed by atoms with Gasteiger partial charge in [-0.05, 0) is 60.8 Å². The molecule has 2 aromatic rings. The summed E-state index contributed by atoms with van der Waals surface area (Å²) in [5.74, 6) is 0.369. The average Bonchev–Trinajstić information content (AvgIpc) is 2.49. The summed E-state index contributed by atoms with van der Waals surface area (Å²) in [6.07, 6.45) is 2.20. The van der Waals surface area contributed by atoms with Crippen LogP contribution in [0.25, 0.3) is 0 Å². The fourth-order valence-electron chi connectivity index (χ4n) is 3.20. The van der Waals surface area contributed by atoms with E-state index < -0.39 is 0 Å². The minimum absolute atomic E-state index is 0.369. The van der Waals surface area contributed by atoms with Gasteiger partial charge in [-0.1, -0.05) is 35.3 Å². The number of fused-ring (bicyclic) bond motifs is 1. The van der Waals surface area contributed by atoms with Crippen molar-refractivity contribution in [2.75, 3.05) is 7.05 Å². The first-order valence-electron chi connectivity index (χ1n) is 7.05. The van der Waals surface area contributed by atoms with Crippen molar-refractivity contribution >= 4 is 35.8 Å². The Balaban J connectivity index is 2.07. The molecule has 21 heavy (non-hydrogen) atoms. The van der Waals surface area contributed by atoms with E-state index in [2.05, 4.69) is 42.2 Å². The topological polar surface area (TPSA) is 12.0 Å². The van der Waals surface area contributed by atoms with E-state index in [1.807, 2.05) is 19.2 Å². The van der Waals surface area contributed by atoms with Crippen LogP contribution in [0.2, 0.25) is 10.0 Å². The van der Waals surface area contributed by atoms with Gasteiger partial charge in [0.1, 0.15) is 0 Å². The van der Waals surface area contributed by atoms with Crippen LogP contribution >= 0.6 is 35.8 Å². The molecule has 3 rings (SSSR count). The molecule has 0 spiro atoms. The van der Waals surface area contributed by atoms with E-state index in [4.69, 9.17) is 23.2 Å². The normalized spacial score (nSPS) is 21.1. The standard InChI is InChI=1S/C17H17Cl2NS/c1-20-17-7-5-12(10-2-6-15(18)16(19)8-10)13-4-3-11(21)9-14(13)17/h2-4,6,8-9,12,17,20-21H,5,7H2,1H3. The van der Waals surface area contributed by atoms with Gasteiger partial charge in [0.05, 0.1) is 10.0 Å². The zero-order valence-corrected chi connectivity index (χ0v) is 14.1. The molecule has 4 heteroatoms. The lowest BCUT2D eigenvalue weighted by atomic mass is 9.77. The molecule has 0 heterocycles. The Hall–Kier alpha value is -0.670. The van der Waals surface area contributed by atoms with Crippen molar-refractivity contribution in [1.29, 1.82) is 0 Å². The van der Waals surface area contributed by atoms with Crippen molar-refractivity contribution in [2.24, 2.45) is 0 Å². The van der Waals surface area contributed by atoms with Gasteiger partial charge in [-0.25, -0.2) is 0 Å². The van der Waals surface area contributed by atoms with Gasteiger partial charge in [0.25, 0.3) is 0 Å². The van der Waals surface area contributed by atoms with E-state index in [9.17, 15) is 0 Å². The zero-order valence-electron chi connectivity index (χ0n) is 11.7. The molecule has 0 aromatic heterocycles. The van der Waals surface area contributed by atoms with Gasteiger partial charge < -0.3 is 5.32 Å². The van der Waals surface area contributed by atoms with Crippen molar-refractivity contribution in [2.45, 2.75) is 29.7 Å². The summed E-state index contributed by atoms with van der Waals surface area (Å²) in [6, 6.07) is 12.8. The Labute approximate surface area is 141 Å². The van der Waals surface area contributed by atoms with Gasteiger partial charge in [-0.2, -0.15) is 0 Å². The highest BCUT2D eigenvalue weighted by Crippen LogP contribution is 2.42. The second-order valence-corrected chi connectivity index (χ2v) is 6.79. The molecule has 1 aliphatic rings. The quantitative estimate of drug-likeness (QED) is 0.692. The maximum absolute atomic E-state index is 6.18. The van der Waals surface area contributed by atoms with Gasteiger partial charge in [-0.15, -0.1) is 12.6 Å². The molecule has 0 radical (unpaired) electrons. The number of halogens is 2.